The SMILES string of the molecule is CC(NS(=O)(=O)c1ccc(F)c(C(=O)NCc2ccc(F)c(F)c2)c1)C1CCCC1. The fraction of sp³-hybridized carbons (Fsp3) is 0.381. The summed E-state index contributed by atoms with van der Waals surface area (Å²) in [5.41, 5.74) is -0.174. The van der Waals surface area contributed by atoms with E-state index in [-0.39, 0.29) is 29.0 Å². The Bertz CT molecular complexity index is 1040. The molecule has 1 fully saturated rings. The molecule has 3 rings (SSSR count). The topological polar surface area (TPSA) is 75.3 Å². The van der Waals surface area contributed by atoms with Crippen molar-refractivity contribution in [3.63, 3.8) is 0 Å². The smallest absolute Gasteiger partial charge is 0.254 e. The maximum atomic E-state index is 14.2. The number of rotatable bonds is 7. The van der Waals surface area contributed by atoms with E-state index < -0.39 is 38.9 Å². The molecule has 1 amide bonds. The number of sulfonamides is 1. The van der Waals surface area contributed by atoms with Crippen molar-refractivity contribution in [1.82, 2.24) is 10.0 Å². The molecule has 9 heteroatoms. The summed E-state index contributed by atoms with van der Waals surface area (Å²) in [7, 11) is -3.94. The number of hydrogen-bond donors (Lipinski definition) is 2. The summed E-state index contributed by atoms with van der Waals surface area (Å²) >= 11 is 0. The van der Waals surface area contributed by atoms with Crippen LogP contribution in [0.1, 0.15) is 48.5 Å². The lowest BCUT2D eigenvalue weighted by Crippen LogP contribution is -2.37. The summed E-state index contributed by atoms with van der Waals surface area (Å²) < 4.78 is 68.4. The van der Waals surface area contributed by atoms with E-state index in [1.54, 1.807) is 6.92 Å². The third-order valence-corrected chi connectivity index (χ3v) is 6.93. The quantitative estimate of drug-likeness (QED) is 0.686. The molecule has 0 aromatic heterocycles. The molecule has 2 aromatic rings. The van der Waals surface area contributed by atoms with Gasteiger partial charge in [-0.15, -0.1) is 0 Å². The number of hydrogen-bond acceptors (Lipinski definition) is 3. The van der Waals surface area contributed by atoms with Gasteiger partial charge in [0.25, 0.3) is 5.91 Å². The number of carbonyl (C=O) groups is 1. The predicted molar refractivity (Wildman–Crippen MR) is 106 cm³/mol. The van der Waals surface area contributed by atoms with Gasteiger partial charge in [0.2, 0.25) is 10.0 Å². The van der Waals surface area contributed by atoms with E-state index in [9.17, 15) is 26.4 Å². The van der Waals surface area contributed by atoms with Crippen LogP contribution in [0.15, 0.2) is 41.3 Å². The third kappa shape index (κ3) is 5.20. The summed E-state index contributed by atoms with van der Waals surface area (Å²) in [6.45, 7) is 1.62. The molecule has 0 spiro atoms. The minimum Gasteiger partial charge on any atom is -0.348 e. The van der Waals surface area contributed by atoms with Gasteiger partial charge in [-0.05, 0) is 61.6 Å². The molecule has 30 heavy (non-hydrogen) atoms. The summed E-state index contributed by atoms with van der Waals surface area (Å²) in [6, 6.07) is 5.84. The van der Waals surface area contributed by atoms with Gasteiger partial charge in [0.15, 0.2) is 11.6 Å². The van der Waals surface area contributed by atoms with Crippen LogP contribution in [0.2, 0.25) is 0 Å². The highest BCUT2D eigenvalue weighted by atomic mass is 32.2. The highest BCUT2D eigenvalue weighted by Gasteiger charge is 2.27. The molecule has 5 nitrogen and oxygen atoms in total. The monoisotopic (exact) mass is 440 g/mol. The summed E-state index contributed by atoms with van der Waals surface area (Å²) in [5, 5.41) is 2.38. The number of halogens is 3. The Morgan fingerprint density at radius 2 is 1.70 bits per heavy atom. The molecule has 0 radical (unpaired) electrons. The van der Waals surface area contributed by atoms with Gasteiger partial charge in [0.05, 0.1) is 10.5 Å². The zero-order valence-corrected chi connectivity index (χ0v) is 17.2. The highest BCUT2D eigenvalue weighted by Crippen LogP contribution is 2.28. The standard InChI is InChI=1S/C21H23F3N2O3S/c1-13(15-4-2-3-5-15)26-30(28,29)16-7-9-18(22)17(11-16)21(27)25-12-14-6-8-19(23)20(24)10-14/h6-11,13,15,26H,2-5,12H2,1H3,(H,25,27). The molecule has 1 saturated carbocycles. The van der Waals surface area contributed by atoms with Crippen molar-refractivity contribution in [1.29, 1.82) is 0 Å². The first-order chi connectivity index (χ1) is 14.2. The van der Waals surface area contributed by atoms with Gasteiger partial charge in [0, 0.05) is 12.6 Å². The first kappa shape index (κ1) is 22.3. The lowest BCUT2D eigenvalue weighted by molar-refractivity contribution is 0.0946. The molecule has 162 valence electrons. The average Bonchev–Trinajstić information content (AvgIpc) is 3.23. The maximum Gasteiger partial charge on any atom is 0.254 e. The number of nitrogens with one attached hydrogen (secondary N) is 2. The van der Waals surface area contributed by atoms with E-state index in [4.69, 9.17) is 0 Å². The van der Waals surface area contributed by atoms with E-state index in [1.165, 1.54) is 6.07 Å². The number of benzene rings is 2. The van der Waals surface area contributed by atoms with Crippen LogP contribution < -0.4 is 10.0 Å². The Morgan fingerprint density at radius 1 is 1.03 bits per heavy atom. The summed E-state index contributed by atoms with van der Waals surface area (Å²) in [5.74, 6) is -3.59. The van der Waals surface area contributed by atoms with Crippen LogP contribution in [0.4, 0.5) is 13.2 Å². The molecule has 2 N–H and O–H groups in total. The second-order valence-corrected chi connectivity index (χ2v) is 9.24. The first-order valence-corrected chi connectivity index (χ1v) is 11.2. The third-order valence-electron chi connectivity index (χ3n) is 5.38. The second kappa shape index (κ2) is 9.18. The van der Waals surface area contributed by atoms with Gasteiger partial charge in [-0.25, -0.2) is 26.3 Å². The van der Waals surface area contributed by atoms with Crippen LogP contribution in [0.5, 0.6) is 0 Å². The zero-order chi connectivity index (χ0) is 21.9. The molecule has 0 aliphatic heterocycles. The Kier molecular flexibility index (Phi) is 6.82. The van der Waals surface area contributed by atoms with E-state index in [0.717, 1.165) is 56.0 Å². The molecule has 1 aliphatic rings. The second-order valence-electron chi connectivity index (χ2n) is 7.53. The van der Waals surface area contributed by atoms with Crippen LogP contribution in [0.3, 0.4) is 0 Å². The first-order valence-electron chi connectivity index (χ1n) is 9.71. The summed E-state index contributed by atoms with van der Waals surface area (Å²) in [4.78, 5) is 12.2. The minimum atomic E-state index is -3.94. The Hall–Kier alpha value is -2.39. The molecule has 1 unspecified atom stereocenters. The van der Waals surface area contributed by atoms with Gasteiger partial charge < -0.3 is 5.32 Å². The predicted octanol–water partition coefficient (Wildman–Crippen LogP) is 3.89. The Labute approximate surface area is 173 Å². The lowest BCUT2D eigenvalue weighted by atomic mass is 10.0. The van der Waals surface area contributed by atoms with Gasteiger partial charge in [0.1, 0.15) is 5.82 Å². The molecule has 0 heterocycles. The van der Waals surface area contributed by atoms with Crippen LogP contribution in [-0.4, -0.2) is 20.4 Å². The number of carbonyl (C=O) groups excluding carboxylic acids is 1. The lowest BCUT2D eigenvalue weighted by Gasteiger charge is -2.20. The van der Waals surface area contributed by atoms with Gasteiger partial charge in [-0.2, -0.15) is 0 Å². The molecule has 1 atom stereocenters. The largest absolute Gasteiger partial charge is 0.348 e. The Balaban J connectivity index is 1.73. The minimum absolute atomic E-state index is 0.177. The molecular formula is C21H23F3N2O3S. The zero-order valence-electron chi connectivity index (χ0n) is 16.4. The van der Waals surface area contributed by atoms with Gasteiger partial charge in [-0.1, -0.05) is 18.9 Å². The van der Waals surface area contributed by atoms with E-state index in [2.05, 4.69) is 10.0 Å². The van der Waals surface area contributed by atoms with Crippen molar-refractivity contribution in [2.75, 3.05) is 0 Å². The number of amides is 1. The molecule has 2 aromatic carbocycles. The molecule has 0 saturated heterocycles. The highest BCUT2D eigenvalue weighted by molar-refractivity contribution is 7.89. The van der Waals surface area contributed by atoms with E-state index >= 15 is 0 Å². The maximum absolute atomic E-state index is 14.2. The van der Waals surface area contributed by atoms with Crippen molar-refractivity contribution >= 4 is 15.9 Å². The van der Waals surface area contributed by atoms with Crippen molar-refractivity contribution in [2.24, 2.45) is 5.92 Å². The van der Waals surface area contributed by atoms with Crippen LogP contribution >= 0.6 is 0 Å². The van der Waals surface area contributed by atoms with Crippen molar-refractivity contribution in [2.45, 2.75) is 50.1 Å². The van der Waals surface area contributed by atoms with Crippen molar-refractivity contribution in [3.8, 4) is 0 Å². The van der Waals surface area contributed by atoms with Crippen LogP contribution in [0, 0.1) is 23.4 Å². The normalized spacial score (nSPS) is 15.9. The average molecular weight is 440 g/mol. The van der Waals surface area contributed by atoms with Crippen molar-refractivity contribution in [3.05, 3.63) is 65.0 Å². The summed E-state index contributed by atoms with van der Waals surface area (Å²) in [6.07, 6.45) is 4.03. The molecular weight excluding hydrogens is 417 g/mol. The van der Waals surface area contributed by atoms with Gasteiger partial charge >= 0.3 is 0 Å². The van der Waals surface area contributed by atoms with Crippen LogP contribution in [-0.2, 0) is 16.6 Å². The van der Waals surface area contributed by atoms with Crippen LogP contribution in [0.25, 0.3) is 0 Å². The Morgan fingerprint density at radius 3 is 2.37 bits per heavy atom. The van der Waals surface area contributed by atoms with Crippen molar-refractivity contribution < 1.29 is 26.4 Å². The van der Waals surface area contributed by atoms with Gasteiger partial charge in [-0.3, -0.25) is 4.79 Å². The fourth-order valence-electron chi connectivity index (χ4n) is 3.64. The fourth-order valence-corrected chi connectivity index (χ4v) is 4.98. The molecule has 0 bridgehead atoms. The van der Waals surface area contributed by atoms with E-state index in [0.29, 0.717) is 0 Å². The van der Waals surface area contributed by atoms with E-state index in [1.807, 2.05) is 0 Å². The molecule has 1 aliphatic carbocycles.